The molecule has 3 unspecified atom stereocenters. The van der Waals surface area contributed by atoms with Gasteiger partial charge in [0.1, 0.15) is 0 Å². The number of hydrogen-bond donors (Lipinski definition) is 2. The molecule has 3 N–H and O–H groups in total. The van der Waals surface area contributed by atoms with Crippen molar-refractivity contribution in [2.45, 2.75) is 25.0 Å². The van der Waals surface area contributed by atoms with Gasteiger partial charge in [0.15, 0.2) is 0 Å². The summed E-state index contributed by atoms with van der Waals surface area (Å²) in [6, 6.07) is 5.06. The Hall–Kier alpha value is -1.89. The third kappa shape index (κ3) is 2.62. The Labute approximate surface area is 166 Å². The summed E-state index contributed by atoms with van der Waals surface area (Å²) in [6.45, 7) is 2.23. The van der Waals surface area contributed by atoms with Gasteiger partial charge in [-0.05, 0) is 41.5 Å². The number of amides is 1. The highest BCUT2D eigenvalue weighted by Crippen LogP contribution is 2.68. The molecule has 2 aliphatic heterocycles. The van der Waals surface area contributed by atoms with E-state index in [9.17, 15) is 4.79 Å². The quantitative estimate of drug-likeness (QED) is 0.817. The van der Waals surface area contributed by atoms with E-state index in [2.05, 4.69) is 22.2 Å². The van der Waals surface area contributed by atoms with Gasteiger partial charge in [-0.15, -0.1) is 0 Å². The van der Waals surface area contributed by atoms with Crippen molar-refractivity contribution in [3.63, 3.8) is 0 Å². The second kappa shape index (κ2) is 6.06. The maximum absolute atomic E-state index is 13.2. The fourth-order valence-electron chi connectivity index (χ4n) is 5.01. The van der Waals surface area contributed by atoms with E-state index in [0.717, 1.165) is 5.56 Å². The van der Waals surface area contributed by atoms with Crippen LogP contribution < -0.4 is 11.1 Å². The molecule has 3 fully saturated rings. The summed E-state index contributed by atoms with van der Waals surface area (Å²) >= 11 is 12.0. The minimum atomic E-state index is -0.303. The highest BCUT2D eigenvalue weighted by atomic mass is 35.5. The van der Waals surface area contributed by atoms with Crippen molar-refractivity contribution in [2.75, 3.05) is 11.1 Å². The molecule has 1 aromatic heterocycles. The second-order valence-corrected chi connectivity index (χ2v) is 8.44. The number of aromatic nitrogens is 2. The molecule has 1 saturated carbocycles. The van der Waals surface area contributed by atoms with Crippen molar-refractivity contribution < 1.29 is 9.53 Å². The Morgan fingerprint density at radius 3 is 2.56 bits per heavy atom. The van der Waals surface area contributed by atoms with E-state index in [0.29, 0.717) is 33.5 Å². The van der Waals surface area contributed by atoms with E-state index in [1.54, 1.807) is 30.6 Å². The highest BCUT2D eigenvalue weighted by molar-refractivity contribution is 6.42. The number of nitrogens with zero attached hydrogens (tertiary/aromatic N) is 2. The number of rotatable bonds is 3. The number of anilines is 2. The minimum Gasteiger partial charge on any atom is -0.373 e. The zero-order valence-corrected chi connectivity index (χ0v) is 16.0. The molecule has 140 valence electrons. The lowest BCUT2D eigenvalue weighted by Gasteiger charge is -2.26. The normalized spacial score (nSPS) is 35.7. The first-order valence-electron chi connectivity index (χ1n) is 8.94. The first-order chi connectivity index (χ1) is 13.0. The van der Waals surface area contributed by atoms with Crippen molar-refractivity contribution in [1.29, 1.82) is 0 Å². The first kappa shape index (κ1) is 17.2. The predicted molar refractivity (Wildman–Crippen MR) is 103 cm³/mol. The van der Waals surface area contributed by atoms with Gasteiger partial charge in [-0.2, -0.15) is 0 Å². The average Bonchev–Trinajstić information content (AvgIpc) is 3.01. The van der Waals surface area contributed by atoms with E-state index in [4.69, 9.17) is 33.7 Å². The van der Waals surface area contributed by atoms with Gasteiger partial charge in [0.05, 0.1) is 28.2 Å². The highest BCUT2D eigenvalue weighted by Gasteiger charge is 2.72. The lowest BCUT2D eigenvalue weighted by Crippen LogP contribution is -2.37. The lowest BCUT2D eigenvalue weighted by atomic mass is 9.75. The maximum atomic E-state index is 13.2. The van der Waals surface area contributed by atoms with Crippen molar-refractivity contribution in [3.05, 3.63) is 46.2 Å². The first-order valence-corrected chi connectivity index (χ1v) is 9.70. The summed E-state index contributed by atoms with van der Waals surface area (Å²) in [7, 11) is 0. The molecule has 8 heteroatoms. The molecule has 1 aliphatic carbocycles. The van der Waals surface area contributed by atoms with Crippen LogP contribution in [0.2, 0.25) is 10.0 Å². The number of nitrogens with one attached hydrogen (secondary N) is 1. The van der Waals surface area contributed by atoms with Gasteiger partial charge in [-0.3, -0.25) is 4.79 Å². The van der Waals surface area contributed by atoms with Gasteiger partial charge in [0.25, 0.3) is 0 Å². The summed E-state index contributed by atoms with van der Waals surface area (Å²) in [5.41, 5.74) is 7.13. The molecule has 1 aromatic carbocycles. The minimum absolute atomic E-state index is 0.0202. The molecular formula is C19H18Cl2N4O2. The third-order valence-electron chi connectivity index (χ3n) is 6.25. The summed E-state index contributed by atoms with van der Waals surface area (Å²) in [6.07, 6.45) is 3.35. The van der Waals surface area contributed by atoms with Crippen LogP contribution in [0, 0.1) is 23.7 Å². The molecule has 27 heavy (non-hydrogen) atoms. The van der Waals surface area contributed by atoms with Crippen LogP contribution in [0.5, 0.6) is 0 Å². The van der Waals surface area contributed by atoms with E-state index in [-0.39, 0.29) is 35.9 Å². The third-order valence-corrected chi connectivity index (χ3v) is 6.99. The molecule has 1 amide bonds. The zero-order valence-electron chi connectivity index (χ0n) is 14.5. The van der Waals surface area contributed by atoms with Crippen LogP contribution in [0.15, 0.2) is 30.6 Å². The van der Waals surface area contributed by atoms with Gasteiger partial charge >= 0.3 is 0 Å². The smallest absolute Gasteiger partial charge is 0.230 e. The van der Waals surface area contributed by atoms with Crippen molar-refractivity contribution in [2.24, 2.45) is 23.7 Å². The van der Waals surface area contributed by atoms with Crippen LogP contribution in [0.3, 0.4) is 0 Å². The number of nitrogen functional groups attached to an aromatic ring is 1. The predicted octanol–water partition coefficient (Wildman–Crippen LogP) is 3.37. The fraction of sp³-hybridized carbons (Fsp3) is 0.421. The van der Waals surface area contributed by atoms with Crippen molar-refractivity contribution >= 4 is 40.7 Å². The van der Waals surface area contributed by atoms with Crippen LogP contribution in [0.25, 0.3) is 0 Å². The molecule has 2 aromatic rings. The van der Waals surface area contributed by atoms with Gasteiger partial charge < -0.3 is 15.8 Å². The Bertz CT molecular complexity index is 922. The number of halogens is 2. The number of carbonyl (C=O) groups is 1. The van der Waals surface area contributed by atoms with Crippen LogP contribution >= 0.6 is 23.2 Å². The molecule has 5 rings (SSSR count). The number of nitrogens with two attached hydrogens (primary N) is 1. The largest absolute Gasteiger partial charge is 0.373 e. The molecule has 7 atom stereocenters. The molecule has 3 heterocycles. The van der Waals surface area contributed by atoms with Crippen LogP contribution in [-0.2, 0) is 9.53 Å². The fourth-order valence-corrected chi connectivity index (χ4v) is 5.31. The van der Waals surface area contributed by atoms with Crippen LogP contribution in [-0.4, -0.2) is 28.1 Å². The topological polar surface area (TPSA) is 90.1 Å². The van der Waals surface area contributed by atoms with Crippen molar-refractivity contribution in [1.82, 2.24) is 9.97 Å². The number of fused-ring (bicyclic) bond motifs is 5. The molecule has 3 aliphatic rings. The number of ether oxygens (including phenoxy) is 1. The summed E-state index contributed by atoms with van der Waals surface area (Å²) in [5, 5.41) is 3.82. The summed E-state index contributed by atoms with van der Waals surface area (Å²) in [5.74, 6) is 1.29. The molecule has 0 radical (unpaired) electrons. The monoisotopic (exact) mass is 404 g/mol. The number of carbonyl (C=O) groups excluding carboxylic acids is 1. The summed E-state index contributed by atoms with van der Waals surface area (Å²) in [4.78, 5) is 21.4. The Kier molecular flexibility index (Phi) is 3.86. The maximum Gasteiger partial charge on any atom is 0.230 e. The Balaban J connectivity index is 1.45. The van der Waals surface area contributed by atoms with E-state index in [1.165, 1.54) is 0 Å². The van der Waals surface area contributed by atoms with E-state index < -0.39 is 0 Å². The average molecular weight is 405 g/mol. The van der Waals surface area contributed by atoms with Crippen molar-refractivity contribution in [3.8, 4) is 0 Å². The Morgan fingerprint density at radius 2 is 1.85 bits per heavy atom. The number of hydrogen-bond acceptors (Lipinski definition) is 5. The zero-order chi connectivity index (χ0) is 18.9. The summed E-state index contributed by atoms with van der Waals surface area (Å²) < 4.78 is 6.22. The SMILES string of the molecule is CC1C2C1[C@@H]1O[C@H]2[C@@H](C(=O)Nc2ccc(Cl)c(Cl)c2)[C@H]1c1cnc(N)nc1. The van der Waals surface area contributed by atoms with Gasteiger partial charge in [-0.1, -0.05) is 30.1 Å². The van der Waals surface area contributed by atoms with E-state index >= 15 is 0 Å². The Morgan fingerprint density at radius 1 is 1.15 bits per heavy atom. The van der Waals surface area contributed by atoms with E-state index in [1.807, 2.05) is 0 Å². The lowest BCUT2D eigenvalue weighted by molar-refractivity contribution is -0.122. The van der Waals surface area contributed by atoms with Gasteiger partial charge in [0.2, 0.25) is 11.9 Å². The number of benzene rings is 1. The molecule has 0 spiro atoms. The molecule has 2 saturated heterocycles. The standard InChI is InChI=1S/C19H18Cl2N4O2/c1-7-12-13(7)17-15(18(26)25-9-2-3-10(20)11(21)4-9)14(16(12)27-17)8-5-23-19(22)24-6-8/h2-7,12-17H,1H3,(H,25,26)(H2,22,23,24)/t7?,12?,13?,14-,15+,16+,17-/m1/s1. The molecular weight excluding hydrogens is 387 g/mol. The van der Waals surface area contributed by atoms with Crippen LogP contribution in [0.1, 0.15) is 18.4 Å². The van der Waals surface area contributed by atoms with Crippen LogP contribution in [0.4, 0.5) is 11.6 Å². The second-order valence-electron chi connectivity index (χ2n) is 7.62. The van der Waals surface area contributed by atoms with Gasteiger partial charge in [-0.25, -0.2) is 9.97 Å². The molecule has 2 bridgehead atoms. The van der Waals surface area contributed by atoms with Gasteiger partial charge in [0, 0.05) is 24.0 Å². The molecule has 6 nitrogen and oxygen atoms in total.